The van der Waals surface area contributed by atoms with Crippen LogP contribution in [-0.2, 0) is 19.1 Å². The Kier molecular flexibility index (Phi) is 7.12. The summed E-state index contributed by atoms with van der Waals surface area (Å²) in [6.45, 7) is 10.6. The molecule has 1 N–H and O–H groups in total. The largest absolute Gasteiger partial charge is 0.460 e. The van der Waals surface area contributed by atoms with Gasteiger partial charge in [-0.3, -0.25) is 4.79 Å². The number of Topliss-reactive ketones (excluding diaryl/α,β-unsaturated/α-hetero) is 1. The smallest absolute Gasteiger partial charge is 0.441 e. The number of methoxy groups -OCH3 is 1. The first-order chi connectivity index (χ1) is 10.3. The Bertz CT molecular complexity index is 522. The molecule has 1 amide bonds. The molecule has 0 saturated carbocycles. The zero-order chi connectivity index (χ0) is 18.4. The van der Waals surface area contributed by atoms with Crippen LogP contribution in [0.15, 0.2) is 0 Å². The summed E-state index contributed by atoms with van der Waals surface area (Å²) >= 11 is 0. The zero-order valence-electron chi connectivity index (χ0n) is 14.7. The lowest BCUT2D eigenvalue weighted by Gasteiger charge is -2.31. The lowest BCUT2D eigenvalue weighted by atomic mass is 9.83. The maximum Gasteiger partial charge on any atom is 0.441 e. The SMILES string of the molecule is COC(=O)C(=[N+]=[N-])C(=O)C[C@@H](NC(=O)OC(C)(C)C)C(C)(C)C. The molecule has 0 unspecified atom stereocenters. The zero-order valence-corrected chi connectivity index (χ0v) is 14.7. The molecular formula is C15H25N3O5. The molecule has 0 spiro atoms. The fraction of sp³-hybridized carbons (Fsp3) is 0.733. The highest BCUT2D eigenvalue weighted by atomic mass is 16.6. The van der Waals surface area contributed by atoms with E-state index in [1.807, 2.05) is 20.8 Å². The van der Waals surface area contributed by atoms with Gasteiger partial charge in [0.05, 0.1) is 7.11 Å². The van der Waals surface area contributed by atoms with Gasteiger partial charge in [0.2, 0.25) is 0 Å². The highest BCUT2D eigenvalue weighted by Crippen LogP contribution is 2.23. The molecular weight excluding hydrogens is 302 g/mol. The van der Waals surface area contributed by atoms with Crippen molar-refractivity contribution in [2.75, 3.05) is 7.11 Å². The number of hydrogen-bond donors (Lipinski definition) is 1. The van der Waals surface area contributed by atoms with E-state index in [2.05, 4.69) is 14.8 Å². The second-order valence-corrected chi connectivity index (χ2v) is 7.13. The number of rotatable bonds is 5. The molecule has 0 rings (SSSR count). The molecule has 8 nitrogen and oxygen atoms in total. The van der Waals surface area contributed by atoms with Crippen molar-refractivity contribution in [1.29, 1.82) is 0 Å². The van der Waals surface area contributed by atoms with Crippen LogP contribution >= 0.6 is 0 Å². The summed E-state index contributed by atoms with van der Waals surface area (Å²) in [6.07, 6.45) is -0.914. The summed E-state index contributed by atoms with van der Waals surface area (Å²) in [6, 6.07) is -0.633. The lowest BCUT2D eigenvalue weighted by Crippen LogP contribution is -2.48. The molecule has 0 radical (unpaired) electrons. The maximum absolute atomic E-state index is 12.1. The van der Waals surface area contributed by atoms with E-state index < -0.39 is 40.6 Å². The molecule has 23 heavy (non-hydrogen) atoms. The minimum Gasteiger partial charge on any atom is -0.460 e. The number of hydrogen-bond acceptors (Lipinski definition) is 5. The van der Waals surface area contributed by atoms with Gasteiger partial charge in [-0.05, 0) is 26.2 Å². The van der Waals surface area contributed by atoms with Crippen LogP contribution in [-0.4, -0.2) is 47.1 Å². The van der Waals surface area contributed by atoms with Gasteiger partial charge in [-0.15, -0.1) is 0 Å². The number of nitrogens with zero attached hydrogens (tertiary/aromatic N) is 2. The van der Waals surface area contributed by atoms with E-state index in [0.717, 1.165) is 7.11 Å². The number of nitrogens with one attached hydrogen (secondary N) is 1. The highest BCUT2D eigenvalue weighted by molar-refractivity contribution is 6.62. The summed E-state index contributed by atoms with van der Waals surface area (Å²) in [7, 11) is 1.07. The Balaban J connectivity index is 5.16. The van der Waals surface area contributed by atoms with Crippen LogP contribution in [0.4, 0.5) is 4.79 Å². The Morgan fingerprint density at radius 1 is 1.13 bits per heavy atom. The summed E-state index contributed by atoms with van der Waals surface area (Å²) in [4.78, 5) is 38.1. The maximum atomic E-state index is 12.1. The monoisotopic (exact) mass is 327 g/mol. The first kappa shape index (κ1) is 20.8. The van der Waals surface area contributed by atoms with E-state index in [1.54, 1.807) is 20.8 Å². The Labute approximate surface area is 136 Å². The number of carbonyl (C=O) groups is 3. The van der Waals surface area contributed by atoms with Crippen molar-refractivity contribution < 1.29 is 28.6 Å². The standard InChI is InChI=1S/C15H25N3O5/c1-14(2,3)10(17-13(21)23-15(4,5)6)8-9(19)11(18-16)12(20)22-7/h10H,8H2,1-7H3,(H,17,21)/t10-/m1/s1. The summed E-state index contributed by atoms with van der Waals surface area (Å²) in [5.74, 6) is -1.78. The van der Waals surface area contributed by atoms with E-state index in [-0.39, 0.29) is 6.42 Å². The minimum atomic E-state index is -1.04. The molecule has 0 heterocycles. The van der Waals surface area contributed by atoms with E-state index >= 15 is 0 Å². The molecule has 0 aliphatic heterocycles. The third-order valence-electron chi connectivity index (χ3n) is 2.87. The van der Waals surface area contributed by atoms with Crippen LogP contribution in [0.1, 0.15) is 48.0 Å². The average molecular weight is 327 g/mol. The van der Waals surface area contributed by atoms with E-state index in [1.165, 1.54) is 0 Å². The predicted molar refractivity (Wildman–Crippen MR) is 82.9 cm³/mol. The van der Waals surface area contributed by atoms with Gasteiger partial charge in [0.15, 0.2) is 0 Å². The second-order valence-electron chi connectivity index (χ2n) is 7.13. The molecule has 0 bridgehead atoms. The number of amides is 1. The molecule has 0 fully saturated rings. The Hall–Kier alpha value is -2.21. The van der Waals surface area contributed by atoms with Crippen LogP contribution < -0.4 is 5.32 Å². The third kappa shape index (κ3) is 7.56. The van der Waals surface area contributed by atoms with E-state index in [0.29, 0.717) is 0 Å². The van der Waals surface area contributed by atoms with Crippen molar-refractivity contribution in [3.05, 3.63) is 5.53 Å². The van der Waals surface area contributed by atoms with Gasteiger partial charge in [-0.1, -0.05) is 20.8 Å². The van der Waals surface area contributed by atoms with Crippen LogP contribution in [0.25, 0.3) is 5.53 Å². The quantitative estimate of drug-likeness (QED) is 0.271. The van der Waals surface area contributed by atoms with Crippen molar-refractivity contribution >= 4 is 23.6 Å². The van der Waals surface area contributed by atoms with Gasteiger partial charge in [0, 0.05) is 12.5 Å². The topological polar surface area (TPSA) is 118 Å². The predicted octanol–water partition coefficient (Wildman–Crippen LogP) is 1.73. The van der Waals surface area contributed by atoms with Crippen molar-refractivity contribution in [2.45, 2.75) is 59.6 Å². The van der Waals surface area contributed by atoms with Crippen molar-refractivity contribution in [2.24, 2.45) is 5.41 Å². The normalized spacial score (nSPS) is 12.7. The van der Waals surface area contributed by atoms with Crippen LogP contribution in [0.2, 0.25) is 0 Å². The van der Waals surface area contributed by atoms with Crippen LogP contribution in [0.3, 0.4) is 0 Å². The Morgan fingerprint density at radius 3 is 2.00 bits per heavy atom. The molecule has 130 valence electrons. The molecule has 0 aromatic rings. The van der Waals surface area contributed by atoms with Crippen LogP contribution in [0, 0.1) is 5.41 Å². The summed E-state index contributed by atoms with van der Waals surface area (Å²) in [5, 5.41) is 2.61. The molecule has 8 heteroatoms. The third-order valence-corrected chi connectivity index (χ3v) is 2.87. The van der Waals surface area contributed by atoms with Gasteiger partial charge in [-0.2, -0.15) is 4.79 Å². The van der Waals surface area contributed by atoms with Crippen molar-refractivity contribution in [3.63, 3.8) is 0 Å². The number of alkyl carbamates (subject to hydrolysis) is 1. The summed E-state index contributed by atoms with van der Waals surface area (Å²) < 4.78 is 9.54. The van der Waals surface area contributed by atoms with E-state index in [9.17, 15) is 14.4 Å². The minimum absolute atomic E-state index is 0.239. The number of carbonyl (C=O) groups excluding carboxylic acids is 3. The number of ether oxygens (including phenoxy) is 2. The van der Waals surface area contributed by atoms with Gasteiger partial charge >= 0.3 is 17.8 Å². The average Bonchev–Trinajstić information content (AvgIpc) is 2.35. The van der Waals surface area contributed by atoms with Gasteiger partial charge in [-0.25, -0.2) is 9.59 Å². The highest BCUT2D eigenvalue weighted by Gasteiger charge is 2.37. The van der Waals surface area contributed by atoms with Gasteiger partial charge < -0.3 is 20.3 Å². The van der Waals surface area contributed by atoms with Gasteiger partial charge in [0.1, 0.15) is 5.60 Å². The fourth-order valence-corrected chi connectivity index (χ4v) is 1.61. The molecule has 0 aliphatic rings. The van der Waals surface area contributed by atoms with Crippen molar-refractivity contribution in [1.82, 2.24) is 5.32 Å². The Morgan fingerprint density at radius 2 is 1.65 bits per heavy atom. The second kappa shape index (κ2) is 7.87. The molecule has 0 aliphatic carbocycles. The molecule has 0 saturated heterocycles. The molecule has 0 aromatic heterocycles. The molecule has 1 atom stereocenters. The fourth-order valence-electron chi connectivity index (χ4n) is 1.61. The lowest BCUT2D eigenvalue weighted by molar-refractivity contribution is -0.139. The van der Waals surface area contributed by atoms with E-state index in [4.69, 9.17) is 10.3 Å². The molecule has 0 aromatic carbocycles. The number of ketones is 1. The number of esters is 1. The van der Waals surface area contributed by atoms with Crippen molar-refractivity contribution in [3.8, 4) is 0 Å². The van der Waals surface area contributed by atoms with Gasteiger partial charge in [0.25, 0.3) is 5.78 Å². The first-order valence-electron chi connectivity index (χ1n) is 7.15. The summed E-state index contributed by atoms with van der Waals surface area (Å²) in [5.41, 5.74) is 6.91. The first-order valence-corrected chi connectivity index (χ1v) is 7.15. The van der Waals surface area contributed by atoms with Crippen LogP contribution in [0.5, 0.6) is 0 Å².